The molecule has 6 nitrogen and oxygen atoms in total. The SMILES string of the molecule is CC1(C)CNCCN1C(=O)c1ncn(-c2cccc(Cl)c2)n1. The first kappa shape index (κ1) is 15.0. The minimum Gasteiger partial charge on any atom is -0.328 e. The zero-order valence-corrected chi connectivity index (χ0v) is 13.3. The number of amides is 1. The van der Waals surface area contributed by atoms with Gasteiger partial charge in [-0.15, -0.1) is 5.10 Å². The summed E-state index contributed by atoms with van der Waals surface area (Å²) in [6.45, 7) is 6.26. The van der Waals surface area contributed by atoms with E-state index >= 15 is 0 Å². The molecular formula is C15H18ClN5O. The molecule has 1 saturated heterocycles. The predicted molar refractivity (Wildman–Crippen MR) is 84.4 cm³/mol. The molecule has 0 radical (unpaired) electrons. The number of nitrogens with one attached hydrogen (secondary N) is 1. The van der Waals surface area contributed by atoms with E-state index in [1.807, 2.05) is 30.9 Å². The van der Waals surface area contributed by atoms with Crippen molar-refractivity contribution in [3.8, 4) is 5.69 Å². The zero-order valence-electron chi connectivity index (χ0n) is 12.6. The average Bonchev–Trinajstić information content (AvgIpc) is 2.96. The molecule has 0 aliphatic carbocycles. The molecule has 0 bridgehead atoms. The van der Waals surface area contributed by atoms with Crippen LogP contribution < -0.4 is 5.32 Å². The Bertz CT molecular complexity index is 697. The van der Waals surface area contributed by atoms with Crippen LogP contribution in [0.5, 0.6) is 0 Å². The molecular weight excluding hydrogens is 302 g/mol. The van der Waals surface area contributed by atoms with Crippen molar-refractivity contribution in [1.82, 2.24) is 25.0 Å². The van der Waals surface area contributed by atoms with Crippen LogP contribution in [0.3, 0.4) is 0 Å². The summed E-state index contributed by atoms with van der Waals surface area (Å²) in [5.74, 6) is 0.0576. The van der Waals surface area contributed by atoms with E-state index < -0.39 is 0 Å². The van der Waals surface area contributed by atoms with E-state index in [1.165, 1.54) is 6.33 Å². The lowest BCUT2D eigenvalue weighted by atomic mass is 10.00. The van der Waals surface area contributed by atoms with E-state index in [1.54, 1.807) is 16.8 Å². The maximum absolute atomic E-state index is 12.7. The highest BCUT2D eigenvalue weighted by atomic mass is 35.5. The number of hydrogen-bond donors (Lipinski definition) is 1. The van der Waals surface area contributed by atoms with E-state index in [0.717, 1.165) is 18.8 Å². The van der Waals surface area contributed by atoms with Crippen LogP contribution in [0.1, 0.15) is 24.5 Å². The van der Waals surface area contributed by atoms with Gasteiger partial charge in [0.2, 0.25) is 5.82 Å². The summed E-state index contributed by atoms with van der Waals surface area (Å²) >= 11 is 5.98. The summed E-state index contributed by atoms with van der Waals surface area (Å²) < 4.78 is 1.56. The maximum Gasteiger partial charge on any atom is 0.294 e. The summed E-state index contributed by atoms with van der Waals surface area (Å²) in [7, 11) is 0. The van der Waals surface area contributed by atoms with E-state index in [-0.39, 0.29) is 17.3 Å². The third kappa shape index (κ3) is 2.84. The van der Waals surface area contributed by atoms with E-state index in [0.29, 0.717) is 11.6 Å². The molecule has 2 heterocycles. The number of hydrogen-bond acceptors (Lipinski definition) is 4. The first-order valence-corrected chi connectivity index (χ1v) is 7.55. The standard InChI is InChI=1S/C15H18ClN5O/c1-15(2)9-17-6-7-20(15)14(22)13-18-10-21(19-13)12-5-3-4-11(16)8-12/h3-5,8,10,17H,6-7,9H2,1-2H3. The number of carbonyl (C=O) groups excluding carboxylic acids is 1. The van der Waals surface area contributed by atoms with Crippen molar-refractivity contribution in [1.29, 1.82) is 0 Å². The molecule has 1 N–H and O–H groups in total. The van der Waals surface area contributed by atoms with Crippen molar-refractivity contribution in [2.75, 3.05) is 19.6 Å². The number of halogens is 1. The Morgan fingerprint density at radius 3 is 2.95 bits per heavy atom. The summed E-state index contributed by atoms with van der Waals surface area (Å²) in [6.07, 6.45) is 1.54. The first-order valence-electron chi connectivity index (χ1n) is 7.18. The lowest BCUT2D eigenvalue weighted by molar-refractivity contribution is 0.0465. The molecule has 2 aromatic rings. The topological polar surface area (TPSA) is 63.1 Å². The molecule has 1 aliphatic heterocycles. The van der Waals surface area contributed by atoms with Gasteiger partial charge in [-0.2, -0.15) is 0 Å². The Morgan fingerprint density at radius 2 is 2.23 bits per heavy atom. The number of rotatable bonds is 2. The second-order valence-corrected chi connectivity index (χ2v) is 6.38. The number of piperazine rings is 1. The Hall–Kier alpha value is -1.92. The lowest BCUT2D eigenvalue weighted by Gasteiger charge is -2.42. The third-order valence-corrected chi connectivity index (χ3v) is 4.04. The van der Waals surface area contributed by atoms with Crippen LogP contribution in [0.2, 0.25) is 5.02 Å². The summed E-state index contributed by atoms with van der Waals surface area (Å²) in [5.41, 5.74) is 0.523. The molecule has 0 unspecified atom stereocenters. The third-order valence-electron chi connectivity index (χ3n) is 3.80. The highest BCUT2D eigenvalue weighted by molar-refractivity contribution is 6.30. The fourth-order valence-electron chi connectivity index (χ4n) is 2.58. The second-order valence-electron chi connectivity index (χ2n) is 5.94. The van der Waals surface area contributed by atoms with Gasteiger partial charge in [-0.1, -0.05) is 17.7 Å². The normalized spacial score (nSPS) is 17.5. The molecule has 0 saturated carbocycles. The second kappa shape index (κ2) is 5.70. The molecule has 22 heavy (non-hydrogen) atoms. The van der Waals surface area contributed by atoms with Crippen molar-refractivity contribution in [2.24, 2.45) is 0 Å². The summed E-state index contributed by atoms with van der Waals surface area (Å²) in [4.78, 5) is 18.6. The van der Waals surface area contributed by atoms with Gasteiger partial charge >= 0.3 is 0 Å². The molecule has 0 atom stereocenters. The van der Waals surface area contributed by atoms with Crippen LogP contribution in [-0.2, 0) is 0 Å². The Morgan fingerprint density at radius 1 is 1.41 bits per heavy atom. The quantitative estimate of drug-likeness (QED) is 0.916. The Labute approximate surface area is 134 Å². The predicted octanol–water partition coefficient (Wildman–Crippen LogP) is 1.74. The van der Waals surface area contributed by atoms with Gasteiger partial charge in [-0.3, -0.25) is 4.79 Å². The molecule has 7 heteroatoms. The van der Waals surface area contributed by atoms with Gasteiger partial charge in [0.05, 0.1) is 11.2 Å². The van der Waals surface area contributed by atoms with E-state index in [4.69, 9.17) is 11.6 Å². The Kier molecular flexibility index (Phi) is 3.88. The van der Waals surface area contributed by atoms with Crippen LogP contribution in [0.25, 0.3) is 5.69 Å². The number of benzene rings is 1. The lowest BCUT2D eigenvalue weighted by Crippen LogP contribution is -2.60. The molecule has 1 amide bonds. The fourth-order valence-corrected chi connectivity index (χ4v) is 2.77. The smallest absolute Gasteiger partial charge is 0.294 e. The highest BCUT2D eigenvalue weighted by Gasteiger charge is 2.35. The summed E-state index contributed by atoms with van der Waals surface area (Å²) in [5, 5.41) is 8.21. The number of aromatic nitrogens is 3. The van der Waals surface area contributed by atoms with Crippen LogP contribution in [0.4, 0.5) is 0 Å². The van der Waals surface area contributed by atoms with Gasteiger partial charge in [-0.05, 0) is 32.0 Å². The largest absolute Gasteiger partial charge is 0.328 e. The van der Waals surface area contributed by atoms with Gasteiger partial charge in [0.25, 0.3) is 5.91 Å². The first-order chi connectivity index (χ1) is 10.5. The number of nitrogens with zero attached hydrogens (tertiary/aromatic N) is 4. The molecule has 3 rings (SSSR count). The van der Waals surface area contributed by atoms with Crippen molar-refractivity contribution in [3.63, 3.8) is 0 Å². The monoisotopic (exact) mass is 319 g/mol. The van der Waals surface area contributed by atoms with Crippen LogP contribution in [0, 0.1) is 0 Å². The minimum atomic E-state index is -0.253. The van der Waals surface area contributed by atoms with Gasteiger partial charge in [0, 0.05) is 24.7 Å². The summed E-state index contributed by atoms with van der Waals surface area (Å²) in [6, 6.07) is 7.26. The number of carbonyl (C=O) groups is 1. The fraction of sp³-hybridized carbons (Fsp3) is 0.400. The van der Waals surface area contributed by atoms with Crippen molar-refractivity contribution >= 4 is 17.5 Å². The molecule has 1 aliphatic rings. The van der Waals surface area contributed by atoms with Gasteiger partial charge < -0.3 is 10.2 Å². The van der Waals surface area contributed by atoms with Crippen molar-refractivity contribution < 1.29 is 4.79 Å². The van der Waals surface area contributed by atoms with Crippen LogP contribution in [0.15, 0.2) is 30.6 Å². The van der Waals surface area contributed by atoms with E-state index in [2.05, 4.69) is 15.4 Å². The molecule has 1 aromatic heterocycles. The molecule has 116 valence electrons. The maximum atomic E-state index is 12.7. The van der Waals surface area contributed by atoms with Crippen LogP contribution >= 0.6 is 11.6 Å². The van der Waals surface area contributed by atoms with Gasteiger partial charge in [0.1, 0.15) is 6.33 Å². The Balaban J connectivity index is 1.86. The average molecular weight is 320 g/mol. The zero-order chi connectivity index (χ0) is 15.7. The van der Waals surface area contributed by atoms with Gasteiger partial charge in [-0.25, -0.2) is 9.67 Å². The van der Waals surface area contributed by atoms with Crippen molar-refractivity contribution in [3.05, 3.63) is 41.4 Å². The highest BCUT2D eigenvalue weighted by Crippen LogP contribution is 2.19. The molecule has 1 aromatic carbocycles. The van der Waals surface area contributed by atoms with Crippen molar-refractivity contribution in [2.45, 2.75) is 19.4 Å². The molecule has 0 spiro atoms. The van der Waals surface area contributed by atoms with Crippen LogP contribution in [-0.4, -0.2) is 50.7 Å². The van der Waals surface area contributed by atoms with E-state index in [9.17, 15) is 4.79 Å². The molecule has 1 fully saturated rings. The minimum absolute atomic E-state index is 0.146. The van der Waals surface area contributed by atoms with Gasteiger partial charge in [0.15, 0.2) is 0 Å².